The smallest absolute Gasteiger partial charge is 0.208 e. The molecule has 2 aliphatic rings. The Morgan fingerprint density at radius 1 is 1.30 bits per heavy atom. The molecule has 156 valence electrons. The summed E-state index contributed by atoms with van der Waals surface area (Å²) >= 11 is 1.50. The summed E-state index contributed by atoms with van der Waals surface area (Å²) in [5.74, 6) is 0.141. The van der Waals surface area contributed by atoms with Crippen LogP contribution in [0.15, 0.2) is 36.5 Å². The first-order valence-electron chi connectivity index (χ1n) is 10.1. The maximum atomic E-state index is 10.6. The molecule has 2 aromatic heterocycles. The summed E-state index contributed by atoms with van der Waals surface area (Å²) in [4.78, 5) is 6.20. The van der Waals surface area contributed by atoms with Crippen molar-refractivity contribution < 1.29 is 5.11 Å². The molecule has 1 aromatic carbocycles. The molecule has 2 aliphatic heterocycles. The van der Waals surface area contributed by atoms with Crippen molar-refractivity contribution in [2.45, 2.75) is 44.3 Å². The Bertz CT molecular complexity index is 1120. The number of hydrogen-bond acceptors (Lipinski definition) is 8. The first-order chi connectivity index (χ1) is 14.3. The van der Waals surface area contributed by atoms with Crippen molar-refractivity contribution in [3.63, 3.8) is 0 Å². The van der Waals surface area contributed by atoms with Gasteiger partial charge in [-0.2, -0.15) is 15.0 Å². The molecule has 8 nitrogen and oxygen atoms in total. The van der Waals surface area contributed by atoms with Crippen LogP contribution in [-0.4, -0.2) is 66.9 Å². The number of piperidine rings is 1. The van der Waals surface area contributed by atoms with Gasteiger partial charge in [0.15, 0.2) is 5.01 Å². The summed E-state index contributed by atoms with van der Waals surface area (Å²) in [6.45, 7) is 4.17. The number of rotatable bonds is 4. The highest BCUT2D eigenvalue weighted by molar-refractivity contribution is 7.18. The van der Waals surface area contributed by atoms with E-state index in [9.17, 15) is 5.11 Å². The fraction of sp³-hybridized carbons (Fsp3) is 0.429. The first kappa shape index (κ1) is 19.2. The topological polar surface area (TPSA) is 83.2 Å². The van der Waals surface area contributed by atoms with Gasteiger partial charge in [0.2, 0.25) is 5.13 Å². The largest absolute Gasteiger partial charge is 0.507 e. The molecular formula is C21H25N7OS. The summed E-state index contributed by atoms with van der Waals surface area (Å²) in [5, 5.41) is 29.4. The molecule has 5 rings (SSSR count). The van der Waals surface area contributed by atoms with Gasteiger partial charge >= 0.3 is 0 Å². The third-order valence-electron chi connectivity index (χ3n) is 6.46. The molecule has 0 aliphatic carbocycles. The lowest BCUT2D eigenvalue weighted by atomic mass is 9.87. The molecule has 1 saturated heterocycles. The van der Waals surface area contributed by atoms with E-state index in [0.717, 1.165) is 23.7 Å². The minimum Gasteiger partial charge on any atom is -0.507 e. The summed E-state index contributed by atoms with van der Waals surface area (Å²) in [6.07, 6.45) is 8.48. The molecule has 0 radical (unpaired) electrons. The fourth-order valence-corrected chi connectivity index (χ4v) is 5.35. The van der Waals surface area contributed by atoms with Gasteiger partial charge in [-0.1, -0.05) is 23.5 Å². The van der Waals surface area contributed by atoms with Crippen molar-refractivity contribution >= 4 is 16.5 Å². The van der Waals surface area contributed by atoms with Crippen molar-refractivity contribution in [1.82, 2.24) is 30.1 Å². The maximum Gasteiger partial charge on any atom is 0.208 e. The molecule has 0 amide bonds. The number of aryl methyl sites for hydroxylation is 1. The Balaban J connectivity index is 1.37. The molecule has 1 fully saturated rings. The van der Waals surface area contributed by atoms with E-state index in [1.807, 2.05) is 19.1 Å². The Morgan fingerprint density at radius 2 is 2.13 bits per heavy atom. The van der Waals surface area contributed by atoms with Crippen molar-refractivity contribution in [2.75, 3.05) is 19.0 Å². The van der Waals surface area contributed by atoms with E-state index in [2.05, 4.69) is 63.4 Å². The zero-order valence-electron chi connectivity index (χ0n) is 17.5. The predicted octanol–water partition coefficient (Wildman–Crippen LogP) is 3.03. The van der Waals surface area contributed by atoms with Gasteiger partial charge in [-0.15, -0.1) is 10.2 Å². The zero-order valence-corrected chi connectivity index (χ0v) is 18.3. The molecule has 3 aromatic rings. The standard InChI is InChI=1S/C21H25N7OS/c1-13-12-22-28(25-13)15-5-6-17(18(29)10-15)19-23-24-20(30-19)26(3)16-9-14-7-8-21(2,11-16)27(14)4/h5-8,10,12,14,16,29H,9,11H2,1-4H3/t14?,16-,21+/m1/s1. The molecule has 4 heterocycles. The van der Waals surface area contributed by atoms with Crippen LogP contribution in [0.3, 0.4) is 0 Å². The highest BCUT2D eigenvalue weighted by Crippen LogP contribution is 2.41. The van der Waals surface area contributed by atoms with E-state index in [1.54, 1.807) is 12.3 Å². The average Bonchev–Trinajstić information content (AvgIpc) is 3.40. The number of fused-ring (bicyclic) bond motifs is 2. The molecule has 3 atom stereocenters. The third kappa shape index (κ3) is 3.09. The van der Waals surface area contributed by atoms with Crippen LogP contribution in [-0.2, 0) is 0 Å². The second-order valence-corrected chi connectivity index (χ2v) is 9.42. The number of nitrogens with zero attached hydrogens (tertiary/aromatic N) is 7. The lowest BCUT2D eigenvalue weighted by Gasteiger charge is -2.46. The van der Waals surface area contributed by atoms with Crippen LogP contribution in [0.1, 0.15) is 25.5 Å². The molecule has 1 unspecified atom stereocenters. The van der Waals surface area contributed by atoms with Gasteiger partial charge in [-0.25, -0.2) is 0 Å². The van der Waals surface area contributed by atoms with Gasteiger partial charge in [0, 0.05) is 30.7 Å². The number of aromatic hydroxyl groups is 1. The number of phenols is 1. The Hall–Kier alpha value is -2.78. The van der Waals surface area contributed by atoms with E-state index in [4.69, 9.17) is 0 Å². The number of anilines is 1. The maximum absolute atomic E-state index is 10.6. The van der Waals surface area contributed by atoms with Crippen LogP contribution in [0.25, 0.3) is 16.3 Å². The molecular weight excluding hydrogens is 398 g/mol. The van der Waals surface area contributed by atoms with E-state index >= 15 is 0 Å². The van der Waals surface area contributed by atoms with Crippen molar-refractivity contribution in [1.29, 1.82) is 0 Å². The Labute approximate surface area is 179 Å². The van der Waals surface area contributed by atoms with Gasteiger partial charge < -0.3 is 10.0 Å². The summed E-state index contributed by atoms with van der Waals surface area (Å²) in [7, 11) is 4.30. The zero-order chi connectivity index (χ0) is 21.0. The van der Waals surface area contributed by atoms with Crippen molar-refractivity contribution in [2.24, 2.45) is 0 Å². The molecule has 9 heteroatoms. The quantitative estimate of drug-likeness (QED) is 0.646. The second kappa shape index (κ2) is 6.88. The molecule has 1 N–H and O–H groups in total. The number of benzene rings is 1. The number of aromatic nitrogens is 5. The summed E-state index contributed by atoms with van der Waals surface area (Å²) < 4.78 is 0. The number of likely N-dealkylation sites (N-methyl/N-ethyl adjacent to an activating group) is 1. The van der Waals surface area contributed by atoms with E-state index in [0.29, 0.717) is 28.3 Å². The normalized spacial score (nSPS) is 25.7. The number of hydrogen-bond donors (Lipinski definition) is 1. The SMILES string of the molecule is Cc1cnn(-c2ccc(-c3nnc(N(C)[C@@H]4CC5C=C[C@@](C)(C4)N5C)s3)c(O)c2)n1. The van der Waals surface area contributed by atoms with Crippen LogP contribution in [0.5, 0.6) is 5.75 Å². The van der Waals surface area contributed by atoms with Gasteiger partial charge in [-0.05, 0) is 45.9 Å². The van der Waals surface area contributed by atoms with E-state index in [1.165, 1.54) is 16.1 Å². The summed E-state index contributed by atoms with van der Waals surface area (Å²) in [6, 6.07) is 6.24. The molecule has 30 heavy (non-hydrogen) atoms. The minimum atomic E-state index is 0.0996. The van der Waals surface area contributed by atoms with Gasteiger partial charge in [0.1, 0.15) is 5.75 Å². The highest BCUT2D eigenvalue weighted by Gasteiger charge is 2.44. The van der Waals surface area contributed by atoms with E-state index in [-0.39, 0.29) is 11.3 Å². The lowest BCUT2D eigenvalue weighted by Crippen LogP contribution is -2.54. The average molecular weight is 424 g/mol. The molecule has 0 saturated carbocycles. The number of phenolic OH excluding ortho intramolecular Hbond substituents is 1. The third-order valence-corrected chi connectivity index (χ3v) is 7.50. The van der Waals surface area contributed by atoms with Crippen LogP contribution in [0.4, 0.5) is 5.13 Å². The highest BCUT2D eigenvalue weighted by atomic mass is 32.1. The Morgan fingerprint density at radius 3 is 2.83 bits per heavy atom. The van der Waals surface area contributed by atoms with Gasteiger partial charge in [0.05, 0.1) is 23.1 Å². The van der Waals surface area contributed by atoms with Gasteiger partial charge in [-0.3, -0.25) is 4.90 Å². The predicted molar refractivity (Wildman–Crippen MR) is 117 cm³/mol. The second-order valence-electron chi connectivity index (χ2n) is 8.47. The van der Waals surface area contributed by atoms with Crippen LogP contribution < -0.4 is 4.90 Å². The van der Waals surface area contributed by atoms with Crippen LogP contribution >= 0.6 is 11.3 Å². The van der Waals surface area contributed by atoms with Crippen LogP contribution in [0.2, 0.25) is 0 Å². The van der Waals surface area contributed by atoms with Crippen molar-refractivity contribution in [3.05, 3.63) is 42.2 Å². The first-order valence-corrected chi connectivity index (χ1v) is 10.9. The fourth-order valence-electron chi connectivity index (χ4n) is 4.44. The molecule has 2 bridgehead atoms. The van der Waals surface area contributed by atoms with Gasteiger partial charge in [0.25, 0.3) is 0 Å². The minimum absolute atomic E-state index is 0.0996. The van der Waals surface area contributed by atoms with E-state index < -0.39 is 0 Å². The molecule has 0 spiro atoms. The Kier molecular flexibility index (Phi) is 4.41. The van der Waals surface area contributed by atoms with Crippen LogP contribution in [0, 0.1) is 6.92 Å². The lowest BCUT2D eigenvalue weighted by molar-refractivity contribution is 0.103. The van der Waals surface area contributed by atoms with Crippen molar-refractivity contribution in [3.8, 4) is 22.0 Å². The summed E-state index contributed by atoms with van der Waals surface area (Å²) in [5.41, 5.74) is 2.29. The monoisotopic (exact) mass is 423 g/mol.